The summed E-state index contributed by atoms with van der Waals surface area (Å²) in [6.07, 6.45) is 2.89. The Labute approximate surface area is 130 Å². The van der Waals surface area contributed by atoms with E-state index < -0.39 is 0 Å². The van der Waals surface area contributed by atoms with Gasteiger partial charge in [0.15, 0.2) is 0 Å². The average molecular weight is 302 g/mol. The molecule has 2 heterocycles. The quantitative estimate of drug-likeness (QED) is 0.917. The predicted octanol–water partition coefficient (Wildman–Crippen LogP) is 3.82. The van der Waals surface area contributed by atoms with Gasteiger partial charge >= 0.3 is 0 Å². The second-order valence-electron chi connectivity index (χ2n) is 5.98. The van der Waals surface area contributed by atoms with E-state index >= 15 is 0 Å². The number of nitrogens with two attached hydrogens (primary N) is 1. The molecule has 1 aromatic heterocycles. The number of nitrogens with zero attached hydrogens (tertiary/aromatic N) is 2. The van der Waals surface area contributed by atoms with Gasteiger partial charge in [0.1, 0.15) is 0 Å². The molecule has 1 aromatic carbocycles. The van der Waals surface area contributed by atoms with Gasteiger partial charge in [0.25, 0.3) is 0 Å². The normalized spacial score (nSPS) is 22.5. The zero-order valence-corrected chi connectivity index (χ0v) is 13.0. The monoisotopic (exact) mass is 301 g/mol. The van der Waals surface area contributed by atoms with E-state index in [1.807, 2.05) is 12.1 Å². The standard InChI is InChI=1S/C17H20ClN3/c1-11-8-13(12(2)19)10-21(9-11)16-6-5-15(18)17-14(16)4-3-7-20-17/h3-7,11,13H,2,8-10,19H2,1H3. The smallest absolute Gasteiger partial charge is 0.0908 e. The summed E-state index contributed by atoms with van der Waals surface area (Å²) in [5.41, 5.74) is 8.77. The summed E-state index contributed by atoms with van der Waals surface area (Å²) < 4.78 is 0. The van der Waals surface area contributed by atoms with Crippen LogP contribution in [0, 0.1) is 11.8 Å². The molecular formula is C17H20ClN3. The van der Waals surface area contributed by atoms with Crippen molar-refractivity contribution in [2.75, 3.05) is 18.0 Å². The Kier molecular flexibility index (Phi) is 3.77. The van der Waals surface area contributed by atoms with Gasteiger partial charge < -0.3 is 10.6 Å². The highest BCUT2D eigenvalue weighted by Gasteiger charge is 2.26. The first kappa shape index (κ1) is 14.2. The molecule has 110 valence electrons. The third-order valence-corrected chi connectivity index (χ3v) is 4.53. The van der Waals surface area contributed by atoms with Crippen molar-refractivity contribution in [1.82, 2.24) is 4.98 Å². The molecule has 0 radical (unpaired) electrons. The van der Waals surface area contributed by atoms with E-state index in [0.29, 0.717) is 16.9 Å². The van der Waals surface area contributed by atoms with Crippen molar-refractivity contribution < 1.29 is 0 Å². The van der Waals surface area contributed by atoms with Gasteiger partial charge in [0.05, 0.1) is 10.5 Å². The van der Waals surface area contributed by atoms with Crippen molar-refractivity contribution in [1.29, 1.82) is 0 Å². The predicted molar refractivity (Wildman–Crippen MR) is 89.6 cm³/mol. The second kappa shape index (κ2) is 5.57. The minimum absolute atomic E-state index is 0.344. The first-order valence-electron chi connectivity index (χ1n) is 7.28. The van der Waals surface area contributed by atoms with Crippen LogP contribution in [0.2, 0.25) is 5.02 Å². The van der Waals surface area contributed by atoms with Crippen molar-refractivity contribution in [3.05, 3.63) is 47.8 Å². The first-order chi connectivity index (χ1) is 10.1. The van der Waals surface area contributed by atoms with Crippen molar-refractivity contribution in [3.8, 4) is 0 Å². The Morgan fingerprint density at radius 2 is 2.19 bits per heavy atom. The number of benzene rings is 1. The fraction of sp³-hybridized carbons (Fsp3) is 0.353. The summed E-state index contributed by atoms with van der Waals surface area (Å²) >= 11 is 6.26. The highest BCUT2D eigenvalue weighted by molar-refractivity contribution is 6.35. The average Bonchev–Trinajstić information content (AvgIpc) is 2.47. The van der Waals surface area contributed by atoms with Gasteiger partial charge in [0, 0.05) is 42.0 Å². The van der Waals surface area contributed by atoms with Crippen LogP contribution in [-0.4, -0.2) is 18.1 Å². The number of fused-ring (bicyclic) bond motifs is 1. The maximum Gasteiger partial charge on any atom is 0.0908 e. The summed E-state index contributed by atoms with van der Waals surface area (Å²) in [7, 11) is 0. The van der Waals surface area contributed by atoms with Crippen LogP contribution in [0.5, 0.6) is 0 Å². The maximum absolute atomic E-state index is 6.26. The van der Waals surface area contributed by atoms with Crippen LogP contribution in [0.1, 0.15) is 13.3 Å². The minimum Gasteiger partial charge on any atom is -0.402 e. The topological polar surface area (TPSA) is 42.1 Å². The number of halogens is 1. The Morgan fingerprint density at radius 1 is 1.38 bits per heavy atom. The second-order valence-corrected chi connectivity index (χ2v) is 6.39. The molecule has 0 spiro atoms. The molecule has 3 nitrogen and oxygen atoms in total. The Balaban J connectivity index is 2.04. The fourth-order valence-electron chi connectivity index (χ4n) is 3.22. The highest BCUT2D eigenvalue weighted by atomic mass is 35.5. The van der Waals surface area contributed by atoms with Crippen LogP contribution in [0.3, 0.4) is 0 Å². The fourth-order valence-corrected chi connectivity index (χ4v) is 3.43. The molecule has 1 saturated heterocycles. The highest BCUT2D eigenvalue weighted by Crippen LogP contribution is 2.35. The van der Waals surface area contributed by atoms with Gasteiger partial charge in [-0.2, -0.15) is 0 Å². The molecule has 21 heavy (non-hydrogen) atoms. The molecule has 4 heteroatoms. The largest absolute Gasteiger partial charge is 0.402 e. The van der Waals surface area contributed by atoms with Crippen LogP contribution in [0.25, 0.3) is 10.9 Å². The number of aromatic nitrogens is 1. The van der Waals surface area contributed by atoms with Gasteiger partial charge in [-0.15, -0.1) is 0 Å². The van der Waals surface area contributed by atoms with E-state index in [2.05, 4.69) is 35.5 Å². The van der Waals surface area contributed by atoms with Crippen LogP contribution < -0.4 is 10.6 Å². The molecule has 1 aliphatic rings. The van der Waals surface area contributed by atoms with Crippen molar-refractivity contribution >= 4 is 28.2 Å². The number of rotatable bonds is 2. The van der Waals surface area contributed by atoms with Crippen LogP contribution in [0.15, 0.2) is 42.7 Å². The van der Waals surface area contributed by atoms with Crippen molar-refractivity contribution in [2.24, 2.45) is 17.6 Å². The summed E-state index contributed by atoms with van der Waals surface area (Å²) in [6.45, 7) is 8.13. The van der Waals surface area contributed by atoms with Gasteiger partial charge in [-0.3, -0.25) is 4.98 Å². The van der Waals surface area contributed by atoms with Crippen LogP contribution in [0.4, 0.5) is 5.69 Å². The molecule has 0 saturated carbocycles. The lowest BCUT2D eigenvalue weighted by molar-refractivity contribution is 0.370. The lowest BCUT2D eigenvalue weighted by Crippen LogP contribution is -2.41. The Hall–Kier alpha value is -1.74. The number of pyridine rings is 1. The molecule has 0 bridgehead atoms. The van der Waals surface area contributed by atoms with Gasteiger partial charge in [0.2, 0.25) is 0 Å². The summed E-state index contributed by atoms with van der Waals surface area (Å²) in [5.74, 6) is 0.933. The summed E-state index contributed by atoms with van der Waals surface area (Å²) in [5, 5.41) is 1.79. The first-order valence-corrected chi connectivity index (χ1v) is 7.66. The third kappa shape index (κ3) is 2.70. The lowest BCUT2D eigenvalue weighted by atomic mass is 9.88. The number of piperidine rings is 1. The molecule has 2 aromatic rings. The van der Waals surface area contributed by atoms with E-state index in [0.717, 1.165) is 36.1 Å². The number of hydrogen-bond donors (Lipinski definition) is 1. The molecule has 1 aliphatic heterocycles. The van der Waals surface area contributed by atoms with E-state index in [-0.39, 0.29) is 0 Å². The van der Waals surface area contributed by atoms with Gasteiger partial charge in [-0.25, -0.2) is 0 Å². The summed E-state index contributed by atoms with van der Waals surface area (Å²) in [4.78, 5) is 6.79. The molecular weight excluding hydrogens is 282 g/mol. The minimum atomic E-state index is 0.344. The van der Waals surface area contributed by atoms with E-state index in [1.54, 1.807) is 6.20 Å². The molecule has 0 aliphatic carbocycles. The summed E-state index contributed by atoms with van der Waals surface area (Å²) in [6, 6.07) is 8.04. The Morgan fingerprint density at radius 3 is 2.95 bits per heavy atom. The van der Waals surface area contributed by atoms with Crippen molar-refractivity contribution in [2.45, 2.75) is 13.3 Å². The number of hydrogen-bond acceptors (Lipinski definition) is 3. The van der Waals surface area contributed by atoms with Crippen LogP contribution >= 0.6 is 11.6 Å². The molecule has 3 rings (SSSR count). The third-order valence-electron chi connectivity index (χ3n) is 4.22. The zero-order chi connectivity index (χ0) is 15.0. The molecule has 0 amide bonds. The molecule has 2 atom stereocenters. The molecule has 1 fully saturated rings. The van der Waals surface area contributed by atoms with Gasteiger partial charge in [-0.1, -0.05) is 25.1 Å². The maximum atomic E-state index is 6.26. The van der Waals surface area contributed by atoms with Gasteiger partial charge in [-0.05, 0) is 36.6 Å². The zero-order valence-electron chi connectivity index (χ0n) is 12.2. The lowest BCUT2D eigenvalue weighted by Gasteiger charge is -2.38. The van der Waals surface area contributed by atoms with E-state index in [9.17, 15) is 0 Å². The molecule has 2 N–H and O–H groups in total. The molecule has 2 unspecified atom stereocenters. The van der Waals surface area contributed by atoms with E-state index in [1.165, 1.54) is 5.69 Å². The SMILES string of the molecule is C=C(N)C1CC(C)CN(c2ccc(Cl)c3ncccc23)C1. The number of anilines is 1. The van der Waals surface area contributed by atoms with Crippen LogP contribution in [-0.2, 0) is 0 Å². The van der Waals surface area contributed by atoms with E-state index in [4.69, 9.17) is 17.3 Å². The van der Waals surface area contributed by atoms with Crippen molar-refractivity contribution in [3.63, 3.8) is 0 Å². The Bertz CT molecular complexity index is 683.